The Morgan fingerprint density at radius 3 is 2.32 bits per heavy atom. The second-order valence-corrected chi connectivity index (χ2v) is 7.40. The average Bonchev–Trinajstić information content (AvgIpc) is 2.65. The highest BCUT2D eigenvalue weighted by Crippen LogP contribution is 2.35. The first kappa shape index (κ1) is 21.5. The number of hydrogen-bond acceptors (Lipinski definition) is 7. The summed E-state index contributed by atoms with van der Waals surface area (Å²) in [4.78, 5) is 10.9. The molecule has 5 N–H and O–H groups in total. The number of nitrogens with zero attached hydrogens (tertiary/aromatic N) is 2. The summed E-state index contributed by atoms with van der Waals surface area (Å²) < 4.78 is 0. The maximum absolute atomic E-state index is 10.9. The van der Waals surface area contributed by atoms with Gasteiger partial charge in [0.05, 0.1) is 24.0 Å². The van der Waals surface area contributed by atoms with Crippen LogP contribution in [-0.2, 0) is 6.61 Å². The van der Waals surface area contributed by atoms with Crippen LogP contribution in [0.25, 0.3) is 0 Å². The predicted octanol–water partition coefficient (Wildman–Crippen LogP) is 3.42. The first-order chi connectivity index (χ1) is 13.1. The van der Waals surface area contributed by atoms with Gasteiger partial charge in [0.1, 0.15) is 11.4 Å². The molecule has 0 radical (unpaired) electrons. The molecule has 2 aromatic rings. The first-order valence-corrected chi connectivity index (χ1v) is 8.75. The van der Waals surface area contributed by atoms with Gasteiger partial charge in [0, 0.05) is 17.6 Å². The van der Waals surface area contributed by atoms with E-state index < -0.39 is 18.7 Å². The molecule has 0 aliphatic carbocycles. The van der Waals surface area contributed by atoms with E-state index in [0.29, 0.717) is 11.3 Å². The summed E-state index contributed by atoms with van der Waals surface area (Å²) in [5, 5.41) is 50.3. The van der Waals surface area contributed by atoms with Crippen LogP contribution in [0.1, 0.15) is 48.4 Å². The van der Waals surface area contributed by atoms with Gasteiger partial charge in [0.15, 0.2) is 0 Å². The molecule has 0 heterocycles. The predicted molar refractivity (Wildman–Crippen MR) is 104 cm³/mol. The molecule has 28 heavy (non-hydrogen) atoms. The largest absolute Gasteiger partial charge is 0.505 e. The third-order valence-corrected chi connectivity index (χ3v) is 3.96. The van der Waals surface area contributed by atoms with Crippen molar-refractivity contribution in [3.05, 3.63) is 53.1 Å². The van der Waals surface area contributed by atoms with Crippen molar-refractivity contribution in [2.24, 2.45) is 10.2 Å². The van der Waals surface area contributed by atoms with Crippen LogP contribution < -0.4 is 5.32 Å². The molecule has 0 aromatic heterocycles. The van der Waals surface area contributed by atoms with E-state index in [1.807, 2.05) is 20.8 Å². The zero-order valence-corrected chi connectivity index (χ0v) is 16.0. The number of aliphatic hydroxyl groups is 2. The number of carboxylic acids is 1. The number of nitrogens with one attached hydrogen (secondary N) is 1. The second kappa shape index (κ2) is 8.92. The van der Waals surface area contributed by atoms with Crippen molar-refractivity contribution >= 4 is 17.3 Å². The number of aliphatic hydroxyl groups excluding tert-OH is 2. The number of azo groups is 1. The van der Waals surface area contributed by atoms with Crippen LogP contribution in [0.15, 0.2) is 46.6 Å². The van der Waals surface area contributed by atoms with Crippen molar-refractivity contribution < 1.29 is 25.2 Å². The van der Waals surface area contributed by atoms with Crippen LogP contribution in [0.5, 0.6) is 5.75 Å². The van der Waals surface area contributed by atoms with Gasteiger partial charge in [-0.25, -0.2) is 4.79 Å². The Kier molecular flexibility index (Phi) is 6.85. The molecule has 0 bridgehead atoms. The molecule has 0 aliphatic rings. The number of β-amino-alcohol motifs (C(OH)–C–C–N with tert-alkyl or cyclic N) is 1. The minimum Gasteiger partial charge on any atom is -0.505 e. The minimum absolute atomic E-state index is 0.0960. The molecule has 1 atom stereocenters. The molecular weight excluding hydrogens is 362 g/mol. The fourth-order valence-corrected chi connectivity index (χ4v) is 2.39. The van der Waals surface area contributed by atoms with E-state index in [4.69, 9.17) is 5.11 Å². The summed E-state index contributed by atoms with van der Waals surface area (Å²) in [6.07, 6.45) is -0.867. The van der Waals surface area contributed by atoms with Crippen LogP contribution in [0.4, 0.5) is 11.4 Å². The van der Waals surface area contributed by atoms with Crippen molar-refractivity contribution in [1.82, 2.24) is 5.32 Å². The van der Waals surface area contributed by atoms with E-state index >= 15 is 0 Å². The lowest BCUT2D eigenvalue weighted by Gasteiger charge is -2.23. The van der Waals surface area contributed by atoms with Crippen molar-refractivity contribution in [2.45, 2.75) is 39.0 Å². The first-order valence-electron chi connectivity index (χ1n) is 8.75. The summed E-state index contributed by atoms with van der Waals surface area (Å²) in [7, 11) is 0. The summed E-state index contributed by atoms with van der Waals surface area (Å²) >= 11 is 0. The maximum Gasteiger partial charge on any atom is 0.335 e. The molecule has 8 heteroatoms. The van der Waals surface area contributed by atoms with Gasteiger partial charge >= 0.3 is 5.97 Å². The molecule has 0 saturated heterocycles. The molecule has 150 valence electrons. The number of phenols is 1. The number of aromatic hydroxyl groups is 1. The van der Waals surface area contributed by atoms with Crippen molar-refractivity contribution in [2.75, 3.05) is 6.54 Å². The number of aromatic carboxylic acids is 1. The lowest BCUT2D eigenvalue weighted by Crippen LogP contribution is -2.38. The number of benzene rings is 2. The molecule has 0 aliphatic heterocycles. The Balaban J connectivity index is 2.28. The third kappa shape index (κ3) is 5.85. The molecule has 2 rings (SSSR count). The quantitative estimate of drug-likeness (QED) is 0.462. The summed E-state index contributed by atoms with van der Waals surface area (Å²) in [5.41, 5.74) is 1.15. The Hall–Kier alpha value is -2.81. The van der Waals surface area contributed by atoms with Gasteiger partial charge in [-0.3, -0.25) is 0 Å². The van der Waals surface area contributed by atoms with Gasteiger partial charge in [-0.05, 0) is 62.7 Å². The number of rotatable bonds is 7. The van der Waals surface area contributed by atoms with Crippen molar-refractivity contribution in [1.29, 1.82) is 0 Å². The normalized spacial score (nSPS) is 13.0. The van der Waals surface area contributed by atoms with E-state index in [2.05, 4.69) is 15.5 Å². The Bertz CT molecular complexity index is 857. The summed E-state index contributed by atoms with van der Waals surface area (Å²) in [5.74, 6) is -1.27. The van der Waals surface area contributed by atoms with Crippen LogP contribution in [0, 0.1) is 0 Å². The molecule has 2 aromatic carbocycles. The van der Waals surface area contributed by atoms with Crippen molar-refractivity contribution in [3.8, 4) is 5.75 Å². The smallest absolute Gasteiger partial charge is 0.335 e. The lowest BCUT2D eigenvalue weighted by molar-refractivity contribution is 0.0697. The number of hydrogen-bond donors (Lipinski definition) is 5. The van der Waals surface area contributed by atoms with E-state index in [1.165, 1.54) is 36.4 Å². The van der Waals surface area contributed by atoms with Crippen molar-refractivity contribution in [3.63, 3.8) is 0 Å². The monoisotopic (exact) mass is 387 g/mol. The third-order valence-electron chi connectivity index (χ3n) is 3.96. The van der Waals surface area contributed by atoms with Gasteiger partial charge < -0.3 is 25.7 Å². The summed E-state index contributed by atoms with van der Waals surface area (Å²) in [6.45, 7) is 5.79. The van der Waals surface area contributed by atoms with Crippen LogP contribution >= 0.6 is 0 Å². The highest BCUT2D eigenvalue weighted by molar-refractivity contribution is 5.87. The van der Waals surface area contributed by atoms with Crippen LogP contribution in [0.2, 0.25) is 0 Å². The zero-order valence-electron chi connectivity index (χ0n) is 16.0. The lowest BCUT2D eigenvalue weighted by atomic mass is 10.0. The molecular formula is C20H25N3O5. The van der Waals surface area contributed by atoms with Gasteiger partial charge in [0.25, 0.3) is 0 Å². The van der Waals surface area contributed by atoms with Gasteiger partial charge in [-0.2, -0.15) is 5.11 Å². The topological polar surface area (TPSA) is 135 Å². The Morgan fingerprint density at radius 2 is 1.79 bits per heavy atom. The fourth-order valence-electron chi connectivity index (χ4n) is 2.39. The minimum atomic E-state index is -1.04. The molecule has 0 amide bonds. The van der Waals surface area contributed by atoms with Gasteiger partial charge in [0.2, 0.25) is 0 Å². The van der Waals surface area contributed by atoms with Crippen LogP contribution in [-0.4, -0.2) is 38.5 Å². The number of carboxylic acid groups (broad SMARTS) is 1. The molecule has 8 nitrogen and oxygen atoms in total. The standard InChI is InChI=1S/C20H25N3O5/c1-20(2,3)21-10-17(25)13-8-14(11-24)18(26)16(9-13)23-22-15-6-4-12(5-7-15)19(27)28/h4-9,17,21,24-26H,10-11H2,1-3H3,(H,27,28). The molecule has 0 spiro atoms. The van der Waals surface area contributed by atoms with Crippen LogP contribution in [0.3, 0.4) is 0 Å². The SMILES string of the molecule is CC(C)(C)NCC(O)c1cc(CO)c(O)c(N=Nc2ccc(C(=O)O)cc2)c1. The van der Waals surface area contributed by atoms with E-state index in [-0.39, 0.29) is 34.6 Å². The average molecular weight is 387 g/mol. The van der Waals surface area contributed by atoms with E-state index in [0.717, 1.165) is 0 Å². The molecule has 1 unspecified atom stereocenters. The Labute approximate surface area is 163 Å². The zero-order chi connectivity index (χ0) is 20.9. The fraction of sp³-hybridized carbons (Fsp3) is 0.350. The summed E-state index contributed by atoms with van der Waals surface area (Å²) in [6, 6.07) is 8.79. The Morgan fingerprint density at radius 1 is 1.14 bits per heavy atom. The molecule has 0 saturated carbocycles. The highest BCUT2D eigenvalue weighted by Gasteiger charge is 2.17. The van der Waals surface area contributed by atoms with E-state index in [1.54, 1.807) is 0 Å². The van der Waals surface area contributed by atoms with Gasteiger partial charge in [-0.1, -0.05) is 0 Å². The maximum atomic E-state index is 10.9. The number of carbonyl (C=O) groups is 1. The second-order valence-electron chi connectivity index (χ2n) is 7.40. The van der Waals surface area contributed by atoms with E-state index in [9.17, 15) is 20.1 Å². The highest BCUT2D eigenvalue weighted by atomic mass is 16.4. The van der Waals surface area contributed by atoms with Gasteiger partial charge in [-0.15, -0.1) is 5.11 Å². The molecule has 0 fully saturated rings.